The lowest BCUT2D eigenvalue weighted by molar-refractivity contribution is 0.0939. The number of aromatic hydroxyl groups is 2. The van der Waals surface area contributed by atoms with Crippen LogP contribution in [0, 0.1) is 0 Å². The van der Waals surface area contributed by atoms with Gasteiger partial charge in [-0.05, 0) is 88.4 Å². The van der Waals surface area contributed by atoms with Crippen LogP contribution in [0.2, 0.25) is 0 Å². The number of likely N-dealkylation sites (tertiary alicyclic amines) is 1. The van der Waals surface area contributed by atoms with E-state index < -0.39 is 0 Å². The van der Waals surface area contributed by atoms with Gasteiger partial charge < -0.3 is 29.9 Å². The first-order valence-corrected chi connectivity index (χ1v) is 14.2. The lowest BCUT2D eigenvalue weighted by Crippen LogP contribution is -2.33. The maximum atomic E-state index is 14.2. The summed E-state index contributed by atoms with van der Waals surface area (Å²) in [5, 5.41) is 24.4. The van der Waals surface area contributed by atoms with E-state index in [0.717, 1.165) is 47.1 Å². The number of phenolic OH excluding ortho intramolecular Hbond substituents is 2. The lowest BCUT2D eigenvalue weighted by Gasteiger charge is -2.22. The first kappa shape index (κ1) is 27.7. The highest BCUT2D eigenvalue weighted by Gasteiger charge is 2.30. The monoisotopic (exact) mass is 540 g/mol. The number of nitrogens with zero attached hydrogens (tertiary/aromatic N) is 3. The molecule has 1 amide bonds. The maximum absolute atomic E-state index is 14.2. The molecule has 1 unspecified atom stereocenters. The molecule has 0 spiro atoms. The zero-order valence-corrected chi connectivity index (χ0v) is 23.7. The molecule has 2 heterocycles. The molecule has 5 rings (SSSR count). The number of carbonyl (C=O) groups excluding carboxylic acids is 1. The van der Waals surface area contributed by atoms with E-state index in [4.69, 9.17) is 0 Å². The average molecular weight is 541 g/mol. The summed E-state index contributed by atoms with van der Waals surface area (Å²) in [5.74, 6) is 0.0227. The molecule has 3 N–H and O–H groups in total. The Kier molecular flexibility index (Phi) is 8.43. The Morgan fingerprint density at radius 3 is 2.17 bits per heavy atom. The van der Waals surface area contributed by atoms with Crippen molar-refractivity contribution in [2.24, 2.45) is 0 Å². The fourth-order valence-corrected chi connectivity index (χ4v) is 6.04. The minimum atomic E-state index is -0.284. The fraction of sp³-hybridized carbons (Fsp3) is 0.364. The van der Waals surface area contributed by atoms with Crippen molar-refractivity contribution in [2.45, 2.75) is 37.8 Å². The van der Waals surface area contributed by atoms with Gasteiger partial charge in [0.1, 0.15) is 17.2 Å². The molecule has 7 heteroatoms. The highest BCUT2D eigenvalue weighted by Crippen LogP contribution is 2.41. The Bertz CT molecular complexity index is 1400. The van der Waals surface area contributed by atoms with Gasteiger partial charge in [0.05, 0.1) is 0 Å². The minimum absolute atomic E-state index is 0.0758. The number of phenols is 2. The number of hydrogen-bond acceptors (Lipinski definition) is 5. The van der Waals surface area contributed by atoms with E-state index in [2.05, 4.69) is 38.9 Å². The van der Waals surface area contributed by atoms with E-state index in [1.165, 1.54) is 12.8 Å². The first-order chi connectivity index (χ1) is 19.3. The number of para-hydroxylation sites is 1. The van der Waals surface area contributed by atoms with E-state index >= 15 is 0 Å². The summed E-state index contributed by atoms with van der Waals surface area (Å²) in [7, 11) is 6.25. The fourth-order valence-electron chi connectivity index (χ4n) is 6.04. The van der Waals surface area contributed by atoms with Gasteiger partial charge in [-0.15, -0.1) is 0 Å². The molecule has 1 aromatic heterocycles. The molecular weight excluding hydrogens is 500 g/mol. The van der Waals surface area contributed by atoms with Crippen LogP contribution in [0.5, 0.6) is 11.5 Å². The molecule has 0 saturated carbocycles. The highest BCUT2D eigenvalue weighted by atomic mass is 16.3. The maximum Gasteiger partial charge on any atom is 0.268 e. The number of rotatable bonds is 10. The number of benzene rings is 3. The predicted molar refractivity (Wildman–Crippen MR) is 160 cm³/mol. The van der Waals surface area contributed by atoms with E-state index in [1.54, 1.807) is 24.3 Å². The second kappa shape index (κ2) is 12.1. The van der Waals surface area contributed by atoms with E-state index in [9.17, 15) is 15.0 Å². The van der Waals surface area contributed by atoms with Crippen molar-refractivity contribution < 1.29 is 15.0 Å². The summed E-state index contributed by atoms with van der Waals surface area (Å²) in [6, 6.07) is 23.1. The van der Waals surface area contributed by atoms with Crippen LogP contribution in [0.25, 0.3) is 10.9 Å². The average Bonchev–Trinajstić information content (AvgIpc) is 3.50. The molecule has 0 radical (unpaired) electrons. The van der Waals surface area contributed by atoms with Crippen molar-refractivity contribution in [1.29, 1.82) is 0 Å². The summed E-state index contributed by atoms with van der Waals surface area (Å²) in [6.07, 6.45) is 3.30. The molecule has 1 atom stereocenters. The van der Waals surface area contributed by atoms with Crippen LogP contribution in [0.3, 0.4) is 0 Å². The third kappa shape index (κ3) is 5.86. The van der Waals surface area contributed by atoms with E-state index in [1.807, 2.05) is 50.5 Å². The number of likely N-dealkylation sites (N-methyl/N-ethyl adjacent to an activating group) is 1. The van der Waals surface area contributed by atoms with Crippen molar-refractivity contribution in [1.82, 2.24) is 19.7 Å². The van der Waals surface area contributed by atoms with Crippen LogP contribution in [-0.2, 0) is 6.54 Å². The van der Waals surface area contributed by atoms with Gasteiger partial charge >= 0.3 is 0 Å². The van der Waals surface area contributed by atoms with Gasteiger partial charge in [0.2, 0.25) is 0 Å². The van der Waals surface area contributed by atoms with Crippen molar-refractivity contribution in [3.63, 3.8) is 0 Å². The van der Waals surface area contributed by atoms with Crippen LogP contribution in [0.4, 0.5) is 0 Å². The van der Waals surface area contributed by atoms with Gasteiger partial charge in [-0.3, -0.25) is 4.79 Å². The summed E-state index contributed by atoms with van der Waals surface area (Å²) < 4.78 is 2.16. The second-order valence-electron chi connectivity index (χ2n) is 11.2. The van der Waals surface area contributed by atoms with E-state index in [0.29, 0.717) is 24.8 Å². The molecular formula is C33H40N4O3. The third-order valence-corrected chi connectivity index (χ3v) is 8.17. The molecule has 1 aliphatic heterocycles. The molecule has 210 valence electrons. The van der Waals surface area contributed by atoms with Crippen LogP contribution in [0.1, 0.15) is 52.4 Å². The van der Waals surface area contributed by atoms with Crippen LogP contribution < -0.4 is 5.32 Å². The summed E-state index contributed by atoms with van der Waals surface area (Å²) in [4.78, 5) is 18.7. The van der Waals surface area contributed by atoms with Gasteiger partial charge in [-0.2, -0.15) is 0 Å². The Morgan fingerprint density at radius 2 is 1.60 bits per heavy atom. The summed E-state index contributed by atoms with van der Waals surface area (Å²) >= 11 is 0. The third-order valence-electron chi connectivity index (χ3n) is 8.17. The summed E-state index contributed by atoms with van der Waals surface area (Å²) in [5.41, 5.74) is 4.53. The number of aromatic nitrogens is 1. The molecule has 1 fully saturated rings. The van der Waals surface area contributed by atoms with Gasteiger partial charge in [0, 0.05) is 48.1 Å². The van der Waals surface area contributed by atoms with Crippen molar-refractivity contribution in [2.75, 3.05) is 40.8 Å². The van der Waals surface area contributed by atoms with Gasteiger partial charge in [-0.1, -0.05) is 42.5 Å². The number of fused-ring (bicyclic) bond motifs is 1. The Hall–Kier alpha value is -3.81. The predicted octanol–water partition coefficient (Wildman–Crippen LogP) is 5.01. The largest absolute Gasteiger partial charge is 0.508 e. The van der Waals surface area contributed by atoms with Gasteiger partial charge in [0.15, 0.2) is 0 Å². The highest BCUT2D eigenvalue weighted by molar-refractivity contribution is 6.02. The Morgan fingerprint density at radius 1 is 0.975 bits per heavy atom. The molecule has 40 heavy (non-hydrogen) atoms. The van der Waals surface area contributed by atoms with Crippen molar-refractivity contribution >= 4 is 16.8 Å². The number of carbonyl (C=O) groups is 1. The first-order valence-electron chi connectivity index (χ1n) is 14.2. The minimum Gasteiger partial charge on any atom is -0.508 e. The molecule has 1 aliphatic rings. The van der Waals surface area contributed by atoms with Gasteiger partial charge in [-0.25, -0.2) is 0 Å². The van der Waals surface area contributed by atoms with E-state index in [-0.39, 0.29) is 23.3 Å². The Balaban J connectivity index is 1.65. The standard InChI is InChI=1S/C33H40N4O3/c1-35(2)21-22-37-29-9-5-4-8-28(29)31(32(37)33(40)34-19-18-25-7-6-20-36(25)3)30(23-10-14-26(38)15-11-23)24-12-16-27(39)17-13-24/h4-5,8-17,25,30,38-39H,6-7,18-22H2,1-3H3,(H,34,40). The quantitative estimate of drug-likeness (QED) is 0.264. The molecule has 3 aromatic carbocycles. The molecule has 0 bridgehead atoms. The molecule has 1 saturated heterocycles. The zero-order chi connectivity index (χ0) is 28.2. The zero-order valence-electron chi connectivity index (χ0n) is 23.7. The number of nitrogens with one attached hydrogen (secondary N) is 1. The molecule has 4 aromatic rings. The molecule has 7 nitrogen and oxygen atoms in total. The number of hydrogen-bond donors (Lipinski definition) is 3. The summed E-state index contributed by atoms with van der Waals surface area (Å²) in [6.45, 7) is 3.18. The SMILES string of the molecule is CN(C)CCn1c(C(=O)NCCC2CCCN2C)c(C(c2ccc(O)cc2)c2ccc(O)cc2)c2ccccc21. The normalized spacial score (nSPS) is 15.9. The lowest BCUT2D eigenvalue weighted by atomic mass is 9.83. The van der Waals surface area contributed by atoms with Gasteiger partial charge in [0.25, 0.3) is 5.91 Å². The van der Waals surface area contributed by atoms with Crippen LogP contribution >= 0.6 is 0 Å². The molecule has 0 aliphatic carbocycles. The van der Waals surface area contributed by atoms with Crippen molar-refractivity contribution in [3.05, 3.63) is 95.2 Å². The smallest absolute Gasteiger partial charge is 0.268 e. The second-order valence-corrected chi connectivity index (χ2v) is 11.2. The Labute approximate surface area is 236 Å². The topological polar surface area (TPSA) is 81.0 Å². The van der Waals surface area contributed by atoms with Crippen molar-refractivity contribution in [3.8, 4) is 11.5 Å². The van der Waals surface area contributed by atoms with Crippen LogP contribution in [-0.4, -0.2) is 77.3 Å². The van der Waals surface area contributed by atoms with Crippen LogP contribution in [0.15, 0.2) is 72.8 Å². The number of amides is 1.